The van der Waals surface area contributed by atoms with E-state index in [9.17, 15) is 0 Å². The van der Waals surface area contributed by atoms with E-state index in [0.717, 1.165) is 4.47 Å². The van der Waals surface area contributed by atoms with E-state index in [4.69, 9.17) is 9.47 Å². The first-order valence-corrected chi connectivity index (χ1v) is 5.36. The second-order valence-corrected chi connectivity index (χ2v) is 3.87. The van der Waals surface area contributed by atoms with Crippen LogP contribution in [0, 0.1) is 0 Å². The van der Waals surface area contributed by atoms with Crippen LogP contribution in [0.1, 0.15) is 0 Å². The lowest BCUT2D eigenvalue weighted by molar-refractivity contribution is 0.383. The van der Waals surface area contributed by atoms with E-state index in [1.807, 2.05) is 12.1 Å². The van der Waals surface area contributed by atoms with Gasteiger partial charge in [0, 0.05) is 22.8 Å². The maximum Gasteiger partial charge on any atom is 0.222 e. The van der Waals surface area contributed by atoms with E-state index in [2.05, 4.69) is 25.9 Å². The van der Waals surface area contributed by atoms with Gasteiger partial charge in [-0.3, -0.25) is 4.98 Å². The largest absolute Gasteiger partial charge is 0.481 e. The smallest absolute Gasteiger partial charge is 0.222 e. The Kier molecular flexibility index (Phi) is 3.36. The average molecular weight is 281 g/mol. The molecule has 0 aliphatic heterocycles. The van der Waals surface area contributed by atoms with Gasteiger partial charge < -0.3 is 9.47 Å². The number of hydrogen-bond donors (Lipinski definition) is 0. The van der Waals surface area contributed by atoms with Gasteiger partial charge in [-0.15, -0.1) is 0 Å². The zero-order valence-corrected chi connectivity index (χ0v) is 10.1. The van der Waals surface area contributed by atoms with Crippen LogP contribution >= 0.6 is 15.9 Å². The highest BCUT2D eigenvalue weighted by Gasteiger charge is 2.01. The first kappa shape index (κ1) is 10.9. The molecular weight excluding hydrogens is 272 g/mol. The molecule has 2 rings (SSSR count). The van der Waals surface area contributed by atoms with Gasteiger partial charge in [0.2, 0.25) is 11.8 Å². The zero-order chi connectivity index (χ0) is 11.4. The minimum absolute atomic E-state index is 0.472. The Morgan fingerprint density at radius 3 is 2.75 bits per heavy atom. The fourth-order valence-electron chi connectivity index (χ4n) is 1.14. The number of aromatic nitrogens is 2. The molecule has 0 unspecified atom stereocenters. The second kappa shape index (κ2) is 4.94. The van der Waals surface area contributed by atoms with Gasteiger partial charge in [0.1, 0.15) is 5.75 Å². The number of ether oxygens (including phenoxy) is 2. The first-order chi connectivity index (χ1) is 7.78. The highest BCUT2D eigenvalue weighted by Crippen LogP contribution is 2.22. The van der Waals surface area contributed by atoms with E-state index in [1.165, 1.54) is 0 Å². The van der Waals surface area contributed by atoms with Gasteiger partial charge in [0.15, 0.2) is 0 Å². The Morgan fingerprint density at radius 2 is 2.00 bits per heavy atom. The van der Waals surface area contributed by atoms with Crippen molar-refractivity contribution in [1.29, 1.82) is 0 Å². The highest BCUT2D eigenvalue weighted by atomic mass is 79.9. The van der Waals surface area contributed by atoms with Crippen LogP contribution in [0.4, 0.5) is 0 Å². The van der Waals surface area contributed by atoms with Gasteiger partial charge >= 0.3 is 0 Å². The van der Waals surface area contributed by atoms with Crippen LogP contribution in [0.3, 0.4) is 0 Å². The molecule has 2 aromatic heterocycles. The van der Waals surface area contributed by atoms with E-state index in [0.29, 0.717) is 17.5 Å². The van der Waals surface area contributed by atoms with E-state index < -0.39 is 0 Å². The summed E-state index contributed by atoms with van der Waals surface area (Å²) < 4.78 is 11.4. The lowest BCUT2D eigenvalue weighted by atomic mass is 10.4. The molecule has 0 bridgehead atoms. The maximum atomic E-state index is 5.52. The Labute approximate surface area is 101 Å². The normalized spacial score (nSPS) is 9.88. The van der Waals surface area contributed by atoms with E-state index >= 15 is 0 Å². The molecule has 0 spiro atoms. The molecule has 0 atom stereocenters. The minimum atomic E-state index is 0.472. The third-order valence-corrected chi connectivity index (χ3v) is 2.24. The molecule has 0 radical (unpaired) electrons. The van der Waals surface area contributed by atoms with Crippen LogP contribution in [0.2, 0.25) is 0 Å². The molecule has 0 aliphatic rings. The summed E-state index contributed by atoms with van der Waals surface area (Å²) in [6.07, 6.45) is 3.30. The molecule has 0 aliphatic carbocycles. The summed E-state index contributed by atoms with van der Waals surface area (Å²) in [4.78, 5) is 8.12. The molecule has 0 saturated heterocycles. The molecule has 0 fully saturated rings. The van der Waals surface area contributed by atoms with Crippen molar-refractivity contribution in [2.75, 3.05) is 7.11 Å². The molecule has 0 saturated carbocycles. The molecule has 0 aromatic carbocycles. The molecule has 2 aromatic rings. The molecule has 82 valence electrons. The predicted octanol–water partition coefficient (Wildman–Crippen LogP) is 3.04. The van der Waals surface area contributed by atoms with Crippen LogP contribution in [0.5, 0.6) is 17.5 Å². The van der Waals surface area contributed by atoms with Crippen molar-refractivity contribution < 1.29 is 9.47 Å². The maximum absolute atomic E-state index is 5.52. The summed E-state index contributed by atoms with van der Waals surface area (Å²) in [5, 5.41) is 0. The number of nitrogens with zero attached hydrogens (tertiary/aromatic N) is 2. The van der Waals surface area contributed by atoms with Crippen molar-refractivity contribution in [1.82, 2.24) is 9.97 Å². The molecule has 4 nitrogen and oxygen atoms in total. The van der Waals surface area contributed by atoms with Gasteiger partial charge in [-0.05, 0) is 22.0 Å². The third-order valence-electron chi connectivity index (χ3n) is 1.81. The lowest BCUT2D eigenvalue weighted by Crippen LogP contribution is -1.91. The van der Waals surface area contributed by atoms with Gasteiger partial charge in [0.05, 0.1) is 13.3 Å². The summed E-state index contributed by atoms with van der Waals surface area (Å²) in [6.45, 7) is 0. The third kappa shape index (κ3) is 2.70. The monoisotopic (exact) mass is 280 g/mol. The summed E-state index contributed by atoms with van der Waals surface area (Å²) in [7, 11) is 1.56. The fraction of sp³-hybridized carbons (Fsp3) is 0.0909. The predicted molar refractivity (Wildman–Crippen MR) is 62.8 cm³/mol. The Bertz CT molecular complexity index is 491. The quantitative estimate of drug-likeness (QED) is 0.867. The van der Waals surface area contributed by atoms with Crippen molar-refractivity contribution in [3.63, 3.8) is 0 Å². The molecular formula is C11H9BrN2O2. The minimum Gasteiger partial charge on any atom is -0.481 e. The van der Waals surface area contributed by atoms with Crippen LogP contribution < -0.4 is 9.47 Å². The van der Waals surface area contributed by atoms with Gasteiger partial charge in [0.25, 0.3) is 0 Å². The molecule has 2 heterocycles. The van der Waals surface area contributed by atoms with Crippen molar-refractivity contribution in [2.24, 2.45) is 0 Å². The summed E-state index contributed by atoms with van der Waals surface area (Å²) in [5.74, 6) is 1.61. The van der Waals surface area contributed by atoms with Crippen molar-refractivity contribution >= 4 is 15.9 Å². The van der Waals surface area contributed by atoms with Gasteiger partial charge in [-0.25, -0.2) is 0 Å². The lowest BCUT2D eigenvalue weighted by Gasteiger charge is -2.05. The number of methoxy groups -OCH3 is 1. The fourth-order valence-corrected chi connectivity index (χ4v) is 1.48. The van der Waals surface area contributed by atoms with Crippen molar-refractivity contribution in [2.45, 2.75) is 0 Å². The number of halogens is 1. The molecule has 0 amide bonds. The van der Waals surface area contributed by atoms with Gasteiger partial charge in [-0.1, -0.05) is 6.07 Å². The molecule has 5 heteroatoms. The van der Waals surface area contributed by atoms with Crippen LogP contribution in [0.25, 0.3) is 0 Å². The molecule has 0 N–H and O–H groups in total. The summed E-state index contributed by atoms with van der Waals surface area (Å²) in [6, 6.07) is 7.14. The SMILES string of the molecule is COc1cccc(Oc2cncc(Br)c2)n1. The number of pyridine rings is 2. The van der Waals surface area contributed by atoms with Crippen LogP contribution in [-0.2, 0) is 0 Å². The highest BCUT2D eigenvalue weighted by molar-refractivity contribution is 9.10. The first-order valence-electron chi connectivity index (χ1n) is 4.57. The second-order valence-electron chi connectivity index (χ2n) is 2.96. The van der Waals surface area contributed by atoms with E-state index in [-0.39, 0.29) is 0 Å². The van der Waals surface area contributed by atoms with Gasteiger partial charge in [-0.2, -0.15) is 4.98 Å². The van der Waals surface area contributed by atoms with Crippen molar-refractivity contribution in [3.05, 3.63) is 41.1 Å². The Balaban J connectivity index is 2.20. The van der Waals surface area contributed by atoms with Crippen molar-refractivity contribution in [3.8, 4) is 17.5 Å². The average Bonchev–Trinajstić information content (AvgIpc) is 2.29. The standard InChI is InChI=1S/C11H9BrN2O2/c1-15-10-3-2-4-11(14-10)16-9-5-8(12)6-13-7-9/h2-7H,1H3. The molecule has 16 heavy (non-hydrogen) atoms. The van der Waals surface area contributed by atoms with Crippen LogP contribution in [0.15, 0.2) is 41.1 Å². The summed E-state index contributed by atoms with van der Waals surface area (Å²) in [5.41, 5.74) is 0. The Hall–Kier alpha value is -1.62. The zero-order valence-electron chi connectivity index (χ0n) is 8.55. The number of rotatable bonds is 3. The Morgan fingerprint density at radius 1 is 1.19 bits per heavy atom. The summed E-state index contributed by atoms with van der Waals surface area (Å²) >= 11 is 3.32. The van der Waals surface area contributed by atoms with Crippen LogP contribution in [-0.4, -0.2) is 17.1 Å². The van der Waals surface area contributed by atoms with E-state index in [1.54, 1.807) is 31.6 Å². The topological polar surface area (TPSA) is 44.2 Å². The number of hydrogen-bond acceptors (Lipinski definition) is 4.